The van der Waals surface area contributed by atoms with Crippen LogP contribution in [0.25, 0.3) is 0 Å². The SMILES string of the molecule is CCOC(=O)CSc1nnc(NC(=O)c2ccccc2S(=O)(=O)N2CCCCC2)s1. The second kappa shape index (κ2) is 10.3. The molecule has 1 fully saturated rings. The highest BCUT2D eigenvalue weighted by Crippen LogP contribution is 2.27. The molecule has 1 aliphatic heterocycles. The van der Waals surface area contributed by atoms with Crippen LogP contribution in [-0.4, -0.2) is 60.2 Å². The molecule has 0 spiro atoms. The molecule has 12 heteroatoms. The van der Waals surface area contributed by atoms with Crippen LogP contribution >= 0.6 is 23.1 Å². The summed E-state index contributed by atoms with van der Waals surface area (Å²) in [6.45, 7) is 2.94. The molecule has 2 aromatic rings. The van der Waals surface area contributed by atoms with Crippen molar-refractivity contribution in [3.8, 4) is 0 Å². The number of nitrogens with one attached hydrogen (secondary N) is 1. The summed E-state index contributed by atoms with van der Waals surface area (Å²) in [5, 5.41) is 10.6. The van der Waals surface area contributed by atoms with E-state index in [-0.39, 0.29) is 27.3 Å². The second-order valence-electron chi connectivity index (χ2n) is 6.38. The normalized spacial score (nSPS) is 15.0. The molecule has 9 nitrogen and oxygen atoms in total. The summed E-state index contributed by atoms with van der Waals surface area (Å²) in [6, 6.07) is 6.14. The number of benzene rings is 1. The smallest absolute Gasteiger partial charge is 0.316 e. The third-order valence-corrected chi connectivity index (χ3v) is 8.21. The molecular weight excluding hydrogens is 448 g/mol. The predicted octanol–water partition coefficient (Wildman–Crippen LogP) is 2.62. The molecule has 162 valence electrons. The van der Waals surface area contributed by atoms with Crippen LogP contribution in [0.1, 0.15) is 36.5 Å². The number of esters is 1. The van der Waals surface area contributed by atoms with E-state index in [0.717, 1.165) is 42.4 Å². The van der Waals surface area contributed by atoms with Gasteiger partial charge in [0.05, 0.1) is 22.8 Å². The second-order valence-corrected chi connectivity index (χ2v) is 10.5. The number of sulfonamides is 1. The summed E-state index contributed by atoms with van der Waals surface area (Å²) in [5.74, 6) is -0.850. The molecule has 2 heterocycles. The number of hydrogen-bond donors (Lipinski definition) is 1. The highest BCUT2D eigenvalue weighted by molar-refractivity contribution is 8.01. The number of piperidine rings is 1. The number of hydrogen-bond acceptors (Lipinski definition) is 9. The standard InChI is InChI=1S/C18H22N4O5S3/c1-2-27-15(23)12-28-18-21-20-17(29-18)19-16(24)13-8-4-5-9-14(13)30(25,26)22-10-6-3-7-11-22/h4-5,8-9H,2-3,6-7,10-12H2,1H3,(H,19,20,24). The van der Waals surface area contributed by atoms with Crippen LogP contribution in [0.3, 0.4) is 0 Å². The van der Waals surface area contributed by atoms with Gasteiger partial charge in [0, 0.05) is 13.1 Å². The highest BCUT2D eigenvalue weighted by Gasteiger charge is 2.30. The van der Waals surface area contributed by atoms with Gasteiger partial charge in [0.1, 0.15) is 0 Å². The first-order chi connectivity index (χ1) is 14.4. The van der Waals surface area contributed by atoms with Crippen LogP contribution in [0.2, 0.25) is 0 Å². The topological polar surface area (TPSA) is 119 Å². The summed E-state index contributed by atoms with van der Waals surface area (Å²) in [7, 11) is -3.76. The van der Waals surface area contributed by atoms with Gasteiger partial charge < -0.3 is 4.74 Å². The van der Waals surface area contributed by atoms with Crippen LogP contribution in [0.15, 0.2) is 33.5 Å². The van der Waals surface area contributed by atoms with Crippen molar-refractivity contribution >= 4 is 50.1 Å². The Balaban J connectivity index is 1.72. The fraction of sp³-hybridized carbons (Fsp3) is 0.444. The maximum Gasteiger partial charge on any atom is 0.316 e. The van der Waals surface area contributed by atoms with E-state index in [9.17, 15) is 18.0 Å². The third kappa shape index (κ3) is 5.56. The van der Waals surface area contributed by atoms with Gasteiger partial charge in [-0.1, -0.05) is 41.7 Å². The number of thioether (sulfide) groups is 1. The van der Waals surface area contributed by atoms with Crippen LogP contribution < -0.4 is 5.32 Å². The number of amides is 1. The fourth-order valence-electron chi connectivity index (χ4n) is 2.93. The number of carbonyl (C=O) groups excluding carboxylic acids is 2. The van der Waals surface area contributed by atoms with Gasteiger partial charge in [-0.15, -0.1) is 10.2 Å². The van der Waals surface area contributed by atoms with Gasteiger partial charge in [-0.2, -0.15) is 4.31 Å². The van der Waals surface area contributed by atoms with Crippen molar-refractivity contribution in [1.29, 1.82) is 0 Å². The molecule has 0 saturated carbocycles. The average molecular weight is 471 g/mol. The van der Waals surface area contributed by atoms with Gasteiger partial charge in [-0.3, -0.25) is 14.9 Å². The van der Waals surface area contributed by atoms with Crippen LogP contribution in [0, 0.1) is 0 Å². The van der Waals surface area contributed by atoms with E-state index in [0.29, 0.717) is 24.0 Å². The predicted molar refractivity (Wildman–Crippen MR) is 114 cm³/mol. The molecule has 1 aromatic heterocycles. The first-order valence-electron chi connectivity index (χ1n) is 9.44. The molecule has 0 atom stereocenters. The van der Waals surface area contributed by atoms with Gasteiger partial charge in [0.25, 0.3) is 5.91 Å². The van der Waals surface area contributed by atoms with Crippen molar-refractivity contribution < 1.29 is 22.7 Å². The summed E-state index contributed by atoms with van der Waals surface area (Å²) in [6.07, 6.45) is 2.62. The molecule has 0 aliphatic carbocycles. The van der Waals surface area contributed by atoms with E-state index < -0.39 is 15.9 Å². The number of rotatable bonds is 8. The number of ether oxygens (including phenoxy) is 1. The summed E-state index contributed by atoms with van der Waals surface area (Å²) >= 11 is 2.25. The lowest BCUT2D eigenvalue weighted by atomic mass is 10.2. The molecular formula is C18H22N4O5S3. The van der Waals surface area contributed by atoms with E-state index in [1.807, 2.05) is 0 Å². The Bertz CT molecular complexity index is 1000. The largest absolute Gasteiger partial charge is 0.465 e. The molecule has 1 N–H and O–H groups in total. The van der Waals surface area contributed by atoms with E-state index in [1.54, 1.807) is 19.1 Å². The quantitative estimate of drug-likeness (QED) is 0.355. The van der Waals surface area contributed by atoms with Gasteiger partial charge in [0.2, 0.25) is 15.2 Å². The Labute approximate surface area is 183 Å². The van der Waals surface area contributed by atoms with Crippen LogP contribution in [0.4, 0.5) is 5.13 Å². The molecule has 1 amide bonds. The lowest BCUT2D eigenvalue weighted by Gasteiger charge is -2.26. The average Bonchev–Trinajstić information content (AvgIpc) is 3.20. The minimum Gasteiger partial charge on any atom is -0.465 e. The Morgan fingerprint density at radius 3 is 2.67 bits per heavy atom. The Hall–Kier alpha value is -2.02. The molecule has 3 rings (SSSR count). The Morgan fingerprint density at radius 1 is 1.20 bits per heavy atom. The number of aromatic nitrogens is 2. The van der Waals surface area contributed by atoms with Crippen molar-refractivity contribution in [1.82, 2.24) is 14.5 Å². The van der Waals surface area contributed by atoms with E-state index in [1.165, 1.54) is 16.4 Å². The third-order valence-electron chi connectivity index (χ3n) is 4.31. The molecule has 30 heavy (non-hydrogen) atoms. The number of nitrogens with zero attached hydrogens (tertiary/aromatic N) is 3. The molecule has 1 saturated heterocycles. The molecule has 1 aromatic carbocycles. The van der Waals surface area contributed by atoms with Gasteiger partial charge in [-0.25, -0.2) is 8.42 Å². The lowest BCUT2D eigenvalue weighted by molar-refractivity contribution is -0.139. The Kier molecular flexibility index (Phi) is 7.81. The lowest BCUT2D eigenvalue weighted by Crippen LogP contribution is -2.36. The monoisotopic (exact) mass is 470 g/mol. The Morgan fingerprint density at radius 2 is 1.93 bits per heavy atom. The van der Waals surface area contributed by atoms with Crippen molar-refractivity contribution in [3.63, 3.8) is 0 Å². The number of anilines is 1. The minimum absolute atomic E-state index is 0.0224. The van der Waals surface area contributed by atoms with Crippen molar-refractivity contribution in [2.24, 2.45) is 0 Å². The van der Waals surface area contributed by atoms with E-state index in [2.05, 4.69) is 15.5 Å². The molecule has 0 unspecified atom stereocenters. The summed E-state index contributed by atoms with van der Waals surface area (Å²) in [5.41, 5.74) is 0.0546. The molecule has 1 aliphatic rings. The maximum absolute atomic E-state index is 13.0. The maximum atomic E-state index is 13.0. The van der Waals surface area contributed by atoms with E-state index in [4.69, 9.17) is 4.74 Å². The molecule has 0 bridgehead atoms. The van der Waals surface area contributed by atoms with Gasteiger partial charge in [0.15, 0.2) is 4.34 Å². The first kappa shape index (κ1) is 22.7. The van der Waals surface area contributed by atoms with E-state index >= 15 is 0 Å². The zero-order valence-corrected chi connectivity index (χ0v) is 18.8. The molecule has 0 radical (unpaired) electrons. The highest BCUT2D eigenvalue weighted by atomic mass is 32.2. The zero-order valence-electron chi connectivity index (χ0n) is 16.4. The number of carbonyl (C=O) groups is 2. The summed E-state index contributed by atoms with van der Waals surface area (Å²) in [4.78, 5) is 24.2. The van der Waals surface area contributed by atoms with Gasteiger partial charge >= 0.3 is 5.97 Å². The summed E-state index contributed by atoms with van der Waals surface area (Å²) < 4.78 is 32.9. The van der Waals surface area contributed by atoms with Crippen molar-refractivity contribution in [2.45, 2.75) is 35.4 Å². The van der Waals surface area contributed by atoms with Crippen LogP contribution in [0.5, 0.6) is 0 Å². The zero-order chi connectivity index (χ0) is 21.6. The van der Waals surface area contributed by atoms with Crippen LogP contribution in [-0.2, 0) is 19.6 Å². The van der Waals surface area contributed by atoms with Crippen molar-refractivity contribution in [3.05, 3.63) is 29.8 Å². The van der Waals surface area contributed by atoms with Gasteiger partial charge in [-0.05, 0) is 31.9 Å². The fourth-order valence-corrected chi connectivity index (χ4v) is 6.18. The first-order valence-corrected chi connectivity index (χ1v) is 12.7. The minimum atomic E-state index is -3.76. The van der Waals surface area contributed by atoms with Crippen molar-refractivity contribution in [2.75, 3.05) is 30.8 Å².